The Balaban J connectivity index is 2.20. The second-order valence-electron chi connectivity index (χ2n) is 5.83. The maximum Gasteiger partial charge on any atom is 0.360 e. The smallest absolute Gasteiger partial charge is 0.360 e. The summed E-state index contributed by atoms with van der Waals surface area (Å²) in [6, 6.07) is 6.11. The number of rotatable bonds is 5. The van der Waals surface area contributed by atoms with E-state index in [2.05, 4.69) is 36.8 Å². The number of carbonyl (C=O) groups excluding carboxylic acids is 2. The molecule has 3 aromatic rings. The lowest BCUT2D eigenvalue weighted by Crippen LogP contribution is -2.13. The van der Waals surface area contributed by atoms with Crippen LogP contribution in [0.4, 0.5) is 4.39 Å². The van der Waals surface area contributed by atoms with E-state index in [9.17, 15) is 14.0 Å². The van der Waals surface area contributed by atoms with Gasteiger partial charge in [-0.1, -0.05) is 12.1 Å². The fraction of sp³-hybridized carbons (Fsp3) is 0.211. The number of pyridine rings is 1. The van der Waals surface area contributed by atoms with E-state index in [4.69, 9.17) is 9.47 Å². The zero-order valence-electron chi connectivity index (χ0n) is 15.0. The number of ether oxygens (including phenoxy) is 2. The van der Waals surface area contributed by atoms with Gasteiger partial charge in [0.1, 0.15) is 10.4 Å². The van der Waals surface area contributed by atoms with Crippen LogP contribution >= 0.6 is 31.9 Å². The highest BCUT2D eigenvalue weighted by atomic mass is 79.9. The van der Waals surface area contributed by atoms with Gasteiger partial charge in [-0.05, 0) is 56.5 Å². The molecule has 0 spiro atoms. The van der Waals surface area contributed by atoms with E-state index in [1.165, 1.54) is 25.3 Å². The first-order valence-corrected chi connectivity index (χ1v) is 9.88. The van der Waals surface area contributed by atoms with Gasteiger partial charge in [0.2, 0.25) is 0 Å². The second-order valence-corrected chi connectivity index (χ2v) is 7.37. The highest BCUT2D eigenvalue weighted by Crippen LogP contribution is 2.41. The van der Waals surface area contributed by atoms with Gasteiger partial charge in [0.25, 0.3) is 0 Å². The molecular formula is C19H15Br2FN2O4. The molecule has 0 aliphatic carbocycles. The van der Waals surface area contributed by atoms with Crippen molar-refractivity contribution >= 4 is 54.7 Å². The largest absolute Gasteiger partial charge is 0.461 e. The van der Waals surface area contributed by atoms with Crippen LogP contribution in [0.15, 0.2) is 39.5 Å². The van der Waals surface area contributed by atoms with Gasteiger partial charge in [0.05, 0.1) is 28.2 Å². The summed E-state index contributed by atoms with van der Waals surface area (Å²) in [5, 5.41) is 0.502. The van der Waals surface area contributed by atoms with Crippen molar-refractivity contribution in [2.24, 2.45) is 0 Å². The molecule has 0 radical (unpaired) electrons. The van der Waals surface area contributed by atoms with Crippen molar-refractivity contribution in [3.05, 3.63) is 56.6 Å². The first kappa shape index (κ1) is 20.5. The van der Waals surface area contributed by atoms with Crippen molar-refractivity contribution in [1.29, 1.82) is 0 Å². The van der Waals surface area contributed by atoms with Crippen LogP contribution in [-0.2, 0) is 16.1 Å². The van der Waals surface area contributed by atoms with Crippen LogP contribution in [0.5, 0.6) is 5.75 Å². The van der Waals surface area contributed by atoms with Crippen molar-refractivity contribution in [2.45, 2.75) is 20.4 Å². The lowest BCUT2D eigenvalue weighted by Gasteiger charge is -2.11. The van der Waals surface area contributed by atoms with E-state index < -0.39 is 11.9 Å². The van der Waals surface area contributed by atoms with Crippen molar-refractivity contribution < 1.29 is 23.5 Å². The highest BCUT2D eigenvalue weighted by Gasteiger charge is 2.26. The van der Waals surface area contributed by atoms with Crippen molar-refractivity contribution in [1.82, 2.24) is 9.55 Å². The summed E-state index contributed by atoms with van der Waals surface area (Å²) in [6.07, 6.45) is 1.51. The predicted octanol–water partition coefficient (Wildman–Crippen LogP) is 4.85. The average Bonchev–Trinajstić information content (AvgIpc) is 2.88. The molecular weight excluding hydrogens is 499 g/mol. The average molecular weight is 514 g/mol. The fourth-order valence-electron chi connectivity index (χ4n) is 2.74. The maximum atomic E-state index is 13.2. The van der Waals surface area contributed by atoms with Crippen molar-refractivity contribution in [3.8, 4) is 5.75 Å². The summed E-state index contributed by atoms with van der Waals surface area (Å²) in [6.45, 7) is 3.48. The Hall–Kier alpha value is -2.26. The Morgan fingerprint density at radius 1 is 1.21 bits per heavy atom. The molecule has 0 bridgehead atoms. The van der Waals surface area contributed by atoms with Gasteiger partial charge in [0, 0.05) is 13.5 Å². The van der Waals surface area contributed by atoms with Crippen LogP contribution in [0.2, 0.25) is 0 Å². The molecule has 0 amide bonds. The van der Waals surface area contributed by atoms with Crippen LogP contribution in [-0.4, -0.2) is 28.1 Å². The Morgan fingerprint density at radius 2 is 1.89 bits per heavy atom. The Kier molecular flexibility index (Phi) is 6.14. The molecule has 1 aromatic carbocycles. The van der Waals surface area contributed by atoms with Gasteiger partial charge in [-0.3, -0.25) is 4.79 Å². The number of halogens is 3. The quantitative estimate of drug-likeness (QED) is 0.456. The molecule has 0 unspecified atom stereocenters. The van der Waals surface area contributed by atoms with Gasteiger partial charge < -0.3 is 14.0 Å². The summed E-state index contributed by atoms with van der Waals surface area (Å²) in [5.74, 6) is -1.57. The van der Waals surface area contributed by atoms with Crippen LogP contribution in [0.1, 0.15) is 29.9 Å². The number of nitrogens with zero attached hydrogens (tertiary/aromatic N) is 2. The van der Waals surface area contributed by atoms with E-state index >= 15 is 0 Å². The number of fused-ring (bicyclic) bond motifs is 1. The molecule has 3 rings (SSSR count). The predicted molar refractivity (Wildman–Crippen MR) is 108 cm³/mol. The Labute approximate surface area is 176 Å². The Bertz CT molecular complexity index is 1060. The molecule has 9 heteroatoms. The monoisotopic (exact) mass is 512 g/mol. The third-order valence-electron chi connectivity index (χ3n) is 3.91. The van der Waals surface area contributed by atoms with Crippen LogP contribution in [0, 0.1) is 5.82 Å². The molecule has 0 saturated carbocycles. The number of carbonyl (C=O) groups is 2. The molecule has 0 saturated heterocycles. The number of hydrogen-bond acceptors (Lipinski definition) is 5. The second kappa shape index (κ2) is 8.40. The Morgan fingerprint density at radius 3 is 2.50 bits per heavy atom. The topological polar surface area (TPSA) is 70.4 Å². The maximum absolute atomic E-state index is 13.2. The lowest BCUT2D eigenvalue weighted by molar-refractivity contribution is -0.131. The molecule has 0 N–H and O–H groups in total. The first-order chi connectivity index (χ1) is 13.3. The van der Waals surface area contributed by atoms with E-state index in [0.29, 0.717) is 26.5 Å². The fourth-order valence-corrected chi connectivity index (χ4v) is 3.85. The molecule has 2 aromatic heterocycles. The van der Waals surface area contributed by atoms with Gasteiger partial charge in [-0.25, -0.2) is 14.2 Å². The molecule has 6 nitrogen and oxygen atoms in total. The van der Waals surface area contributed by atoms with Crippen LogP contribution in [0.25, 0.3) is 10.9 Å². The standard InChI is InChI=1S/C19H15Br2FN2O4/c1-3-27-19(26)16-17(28-10(2)25)14-13(8-23-16)24(18(21)15(14)20)9-11-4-6-12(22)7-5-11/h4-8H,3,9H2,1-2H3. The van der Waals surface area contributed by atoms with Crippen molar-refractivity contribution in [3.63, 3.8) is 0 Å². The summed E-state index contributed by atoms with van der Waals surface area (Å²) in [5.41, 5.74) is 1.39. The summed E-state index contributed by atoms with van der Waals surface area (Å²) < 4.78 is 26.6. The molecule has 146 valence electrons. The van der Waals surface area contributed by atoms with Gasteiger partial charge in [-0.15, -0.1) is 0 Å². The number of esters is 2. The lowest BCUT2D eigenvalue weighted by atomic mass is 10.2. The SMILES string of the molecule is CCOC(=O)c1ncc2c(c(Br)c(Br)n2Cc2ccc(F)cc2)c1OC(C)=O. The van der Waals surface area contributed by atoms with E-state index in [1.807, 2.05) is 4.57 Å². The molecule has 0 aliphatic heterocycles. The van der Waals surface area contributed by atoms with Crippen LogP contribution < -0.4 is 4.74 Å². The molecule has 0 fully saturated rings. The highest BCUT2D eigenvalue weighted by molar-refractivity contribution is 9.13. The van der Waals surface area contributed by atoms with E-state index in [0.717, 1.165) is 5.56 Å². The molecule has 0 aliphatic rings. The van der Waals surface area contributed by atoms with Gasteiger partial charge in [-0.2, -0.15) is 0 Å². The van der Waals surface area contributed by atoms with E-state index in [-0.39, 0.29) is 23.9 Å². The van der Waals surface area contributed by atoms with Gasteiger partial charge in [0.15, 0.2) is 11.4 Å². The first-order valence-electron chi connectivity index (χ1n) is 8.29. The number of hydrogen-bond donors (Lipinski definition) is 0. The summed E-state index contributed by atoms with van der Waals surface area (Å²) in [7, 11) is 0. The molecule has 28 heavy (non-hydrogen) atoms. The zero-order chi connectivity index (χ0) is 20.4. The number of aromatic nitrogens is 2. The third kappa shape index (κ3) is 3.95. The van der Waals surface area contributed by atoms with Crippen LogP contribution in [0.3, 0.4) is 0 Å². The normalized spacial score (nSPS) is 10.9. The third-order valence-corrected chi connectivity index (χ3v) is 6.04. The number of benzene rings is 1. The minimum Gasteiger partial charge on any atom is -0.461 e. The summed E-state index contributed by atoms with van der Waals surface area (Å²) in [4.78, 5) is 28.1. The van der Waals surface area contributed by atoms with E-state index in [1.54, 1.807) is 19.1 Å². The molecule has 2 heterocycles. The zero-order valence-corrected chi connectivity index (χ0v) is 18.1. The minimum atomic E-state index is -0.685. The summed E-state index contributed by atoms with van der Waals surface area (Å²) >= 11 is 7.01. The van der Waals surface area contributed by atoms with Gasteiger partial charge >= 0.3 is 11.9 Å². The minimum absolute atomic E-state index is 0.0221. The molecule has 0 atom stereocenters. The van der Waals surface area contributed by atoms with Crippen molar-refractivity contribution in [2.75, 3.05) is 6.61 Å².